The van der Waals surface area contributed by atoms with Gasteiger partial charge in [0, 0.05) is 13.3 Å². The molecule has 1 aliphatic heterocycles. The lowest BCUT2D eigenvalue weighted by Gasteiger charge is -2.39. The molecule has 0 amide bonds. The molecule has 10 heteroatoms. The lowest BCUT2D eigenvalue weighted by molar-refractivity contribution is -0.305. The Morgan fingerprint density at radius 3 is 1.84 bits per heavy atom. The van der Waals surface area contributed by atoms with E-state index >= 15 is 0 Å². The number of hydrogen-bond acceptors (Lipinski definition) is 10. The minimum absolute atomic E-state index is 0.228. The molecule has 0 radical (unpaired) electrons. The highest BCUT2D eigenvalue weighted by molar-refractivity contribution is 5.69. The third-order valence-corrected chi connectivity index (χ3v) is 6.54. The van der Waals surface area contributed by atoms with E-state index in [1.807, 2.05) is 0 Å². The van der Waals surface area contributed by atoms with Gasteiger partial charge in [0.15, 0.2) is 12.4 Å². The van der Waals surface area contributed by atoms with Crippen molar-refractivity contribution in [1.29, 1.82) is 0 Å². The summed E-state index contributed by atoms with van der Waals surface area (Å²) in [6, 6.07) is 0. The molecule has 0 bridgehead atoms. The van der Waals surface area contributed by atoms with Crippen molar-refractivity contribution in [2.75, 3.05) is 19.8 Å². The van der Waals surface area contributed by atoms with Crippen LogP contribution < -0.4 is 0 Å². The van der Waals surface area contributed by atoms with Gasteiger partial charge in [-0.3, -0.25) is 9.59 Å². The second-order valence-electron chi connectivity index (χ2n) is 9.94. The van der Waals surface area contributed by atoms with Gasteiger partial charge in [-0.15, -0.1) is 0 Å². The number of aliphatic hydroxyl groups excluding tert-OH is 4. The Bertz CT molecular complexity index is 600. The van der Waals surface area contributed by atoms with E-state index in [9.17, 15) is 30.0 Å². The molecule has 0 aromatic rings. The van der Waals surface area contributed by atoms with Crippen LogP contribution in [0.1, 0.15) is 104 Å². The van der Waals surface area contributed by atoms with E-state index in [1.165, 1.54) is 71.1 Å². The first-order valence-electron chi connectivity index (χ1n) is 14.0. The van der Waals surface area contributed by atoms with E-state index in [1.54, 1.807) is 0 Å². The van der Waals surface area contributed by atoms with Gasteiger partial charge in [0.05, 0.1) is 13.2 Å². The predicted octanol–water partition coefficient (Wildman–Crippen LogP) is 2.76. The minimum atomic E-state index is -1.58. The van der Waals surface area contributed by atoms with Crippen LogP contribution in [0.25, 0.3) is 0 Å². The average Bonchev–Trinajstić information content (AvgIpc) is 2.87. The Morgan fingerprint density at radius 2 is 1.32 bits per heavy atom. The Balaban J connectivity index is 2.18. The van der Waals surface area contributed by atoms with Crippen molar-refractivity contribution in [2.24, 2.45) is 0 Å². The Labute approximate surface area is 221 Å². The summed E-state index contributed by atoms with van der Waals surface area (Å²) >= 11 is 0. The number of hydrogen-bond donors (Lipinski definition) is 4. The third-order valence-electron chi connectivity index (χ3n) is 6.54. The summed E-state index contributed by atoms with van der Waals surface area (Å²) in [5.74, 6) is -0.997. The number of aliphatic hydroxyl groups is 4. The molecule has 0 saturated carbocycles. The van der Waals surface area contributed by atoms with Gasteiger partial charge >= 0.3 is 11.9 Å². The molecule has 1 rings (SSSR count). The van der Waals surface area contributed by atoms with Gasteiger partial charge < -0.3 is 39.4 Å². The zero-order valence-electron chi connectivity index (χ0n) is 22.7. The second kappa shape index (κ2) is 20.6. The zero-order valence-corrected chi connectivity index (χ0v) is 22.7. The molecule has 218 valence electrons. The molecule has 1 heterocycles. The van der Waals surface area contributed by atoms with Gasteiger partial charge in [0.2, 0.25) is 0 Å². The lowest BCUT2D eigenvalue weighted by Crippen LogP contribution is -2.59. The summed E-state index contributed by atoms with van der Waals surface area (Å²) in [6.45, 7) is 2.34. The molecule has 0 aromatic heterocycles. The number of rotatable bonds is 21. The fraction of sp³-hybridized carbons (Fsp3) is 0.926. The van der Waals surface area contributed by atoms with Gasteiger partial charge in [0.25, 0.3) is 0 Å². The van der Waals surface area contributed by atoms with E-state index in [2.05, 4.69) is 6.92 Å². The molecular formula is C27H50O10. The average molecular weight is 535 g/mol. The SMILES string of the molecule is CCCCCCCCCCCCCCCC(=O)OC[C@H](COC1OC(CO)C(O)C(O)C1O)OC(C)=O. The van der Waals surface area contributed by atoms with Crippen molar-refractivity contribution in [1.82, 2.24) is 0 Å². The standard InChI is InChI=1S/C27H50O10/c1-3-4-5-6-7-8-9-10-11-12-13-14-15-16-23(30)34-18-21(36-20(2)29)19-35-27-26(33)25(32)24(31)22(17-28)37-27/h21-22,24-28,31-33H,3-19H2,1-2H3/t21-,22?,24?,25?,26?,27?/m1/s1. The van der Waals surface area contributed by atoms with Crippen LogP contribution in [0.5, 0.6) is 0 Å². The molecule has 1 saturated heterocycles. The van der Waals surface area contributed by atoms with Crippen molar-refractivity contribution < 1.29 is 49.0 Å². The highest BCUT2D eigenvalue weighted by Gasteiger charge is 2.44. The summed E-state index contributed by atoms with van der Waals surface area (Å²) in [7, 11) is 0. The molecule has 0 spiro atoms. The number of esters is 2. The van der Waals surface area contributed by atoms with Crippen LogP contribution in [0.3, 0.4) is 0 Å². The van der Waals surface area contributed by atoms with Crippen LogP contribution in [0, 0.1) is 0 Å². The van der Waals surface area contributed by atoms with Crippen LogP contribution in [-0.4, -0.2) is 89.0 Å². The zero-order chi connectivity index (χ0) is 27.5. The van der Waals surface area contributed by atoms with Gasteiger partial charge in [-0.1, -0.05) is 84.0 Å². The van der Waals surface area contributed by atoms with E-state index in [0.29, 0.717) is 0 Å². The van der Waals surface area contributed by atoms with Crippen LogP contribution in [0.4, 0.5) is 0 Å². The van der Waals surface area contributed by atoms with Crippen LogP contribution in [-0.2, 0) is 28.5 Å². The van der Waals surface area contributed by atoms with Crippen LogP contribution in [0.15, 0.2) is 0 Å². The molecule has 37 heavy (non-hydrogen) atoms. The molecule has 5 unspecified atom stereocenters. The molecule has 10 nitrogen and oxygen atoms in total. The Kier molecular flexibility index (Phi) is 18.8. The maximum atomic E-state index is 12.1. The van der Waals surface area contributed by atoms with Crippen molar-refractivity contribution in [3.05, 3.63) is 0 Å². The number of unbranched alkanes of at least 4 members (excludes halogenated alkanes) is 12. The Hall–Kier alpha value is -1.30. The predicted molar refractivity (Wildman–Crippen MR) is 137 cm³/mol. The highest BCUT2D eigenvalue weighted by Crippen LogP contribution is 2.22. The second-order valence-corrected chi connectivity index (χ2v) is 9.94. The monoisotopic (exact) mass is 534 g/mol. The summed E-state index contributed by atoms with van der Waals surface area (Å²) in [5.41, 5.74) is 0. The van der Waals surface area contributed by atoms with Gasteiger partial charge in [-0.25, -0.2) is 0 Å². The number of carbonyl (C=O) groups is 2. The van der Waals surface area contributed by atoms with Crippen molar-refractivity contribution >= 4 is 11.9 Å². The molecule has 1 aliphatic rings. The van der Waals surface area contributed by atoms with Gasteiger partial charge in [-0.05, 0) is 6.42 Å². The quantitative estimate of drug-likeness (QED) is 0.128. The first-order chi connectivity index (χ1) is 17.8. The third kappa shape index (κ3) is 15.0. The molecule has 1 fully saturated rings. The largest absolute Gasteiger partial charge is 0.462 e. The van der Waals surface area contributed by atoms with Gasteiger partial charge in [-0.2, -0.15) is 0 Å². The summed E-state index contributed by atoms with van der Waals surface area (Å²) < 4.78 is 21.0. The normalized spacial score (nSPS) is 24.5. The smallest absolute Gasteiger partial charge is 0.305 e. The summed E-state index contributed by atoms with van der Waals surface area (Å²) in [4.78, 5) is 23.5. The Morgan fingerprint density at radius 1 is 0.784 bits per heavy atom. The number of carbonyl (C=O) groups excluding carboxylic acids is 2. The van der Waals surface area contributed by atoms with Gasteiger partial charge in [0.1, 0.15) is 31.0 Å². The fourth-order valence-corrected chi connectivity index (χ4v) is 4.30. The summed E-state index contributed by atoms with van der Waals surface area (Å²) in [6.07, 6.45) is 7.99. The van der Waals surface area contributed by atoms with Crippen molar-refractivity contribution in [3.8, 4) is 0 Å². The molecular weight excluding hydrogens is 484 g/mol. The fourth-order valence-electron chi connectivity index (χ4n) is 4.30. The highest BCUT2D eigenvalue weighted by atomic mass is 16.7. The lowest BCUT2D eigenvalue weighted by atomic mass is 9.99. The van der Waals surface area contributed by atoms with Crippen molar-refractivity contribution in [2.45, 2.75) is 141 Å². The minimum Gasteiger partial charge on any atom is -0.462 e. The molecule has 4 N–H and O–H groups in total. The number of ether oxygens (including phenoxy) is 4. The van der Waals surface area contributed by atoms with Crippen LogP contribution >= 0.6 is 0 Å². The van der Waals surface area contributed by atoms with E-state index in [4.69, 9.17) is 18.9 Å². The first kappa shape index (κ1) is 33.7. The first-order valence-corrected chi connectivity index (χ1v) is 14.0. The van der Waals surface area contributed by atoms with E-state index in [0.717, 1.165) is 19.3 Å². The van der Waals surface area contributed by atoms with Crippen molar-refractivity contribution in [3.63, 3.8) is 0 Å². The van der Waals surface area contributed by atoms with E-state index < -0.39 is 55.4 Å². The molecule has 0 aliphatic carbocycles. The van der Waals surface area contributed by atoms with E-state index in [-0.39, 0.29) is 19.6 Å². The topological polar surface area (TPSA) is 152 Å². The maximum Gasteiger partial charge on any atom is 0.305 e. The maximum absolute atomic E-state index is 12.1. The van der Waals surface area contributed by atoms with Crippen LogP contribution in [0.2, 0.25) is 0 Å². The molecule has 6 atom stereocenters. The summed E-state index contributed by atoms with van der Waals surface area (Å²) in [5, 5.41) is 39.0. The molecule has 0 aromatic carbocycles.